The molecular formula is C19H21BrN2OS. The number of amides is 1. The van der Waals surface area contributed by atoms with Crippen molar-refractivity contribution in [2.45, 2.75) is 11.8 Å². The average Bonchev–Trinajstić information content (AvgIpc) is 2.61. The molecule has 126 valence electrons. The predicted molar refractivity (Wildman–Crippen MR) is 105 cm³/mol. The SMILES string of the molecule is Cc1cccc(N2CCN(C(=O)CSc3ccc(Br)cc3)CC2)c1. The van der Waals surface area contributed by atoms with E-state index in [9.17, 15) is 4.79 Å². The Labute approximate surface area is 156 Å². The van der Waals surface area contributed by atoms with Crippen LogP contribution in [0.25, 0.3) is 0 Å². The van der Waals surface area contributed by atoms with Gasteiger partial charge in [-0.2, -0.15) is 0 Å². The normalized spacial score (nSPS) is 14.8. The van der Waals surface area contributed by atoms with Crippen LogP contribution in [0, 0.1) is 6.92 Å². The number of anilines is 1. The van der Waals surface area contributed by atoms with Gasteiger partial charge >= 0.3 is 0 Å². The molecule has 2 aromatic rings. The third kappa shape index (κ3) is 4.54. The summed E-state index contributed by atoms with van der Waals surface area (Å²) in [5, 5.41) is 0. The molecule has 1 heterocycles. The zero-order valence-electron chi connectivity index (χ0n) is 13.7. The van der Waals surface area contributed by atoms with Gasteiger partial charge in [-0.05, 0) is 48.9 Å². The van der Waals surface area contributed by atoms with Crippen LogP contribution in [0.5, 0.6) is 0 Å². The zero-order valence-corrected chi connectivity index (χ0v) is 16.1. The van der Waals surface area contributed by atoms with Crippen molar-refractivity contribution in [3.8, 4) is 0 Å². The van der Waals surface area contributed by atoms with Crippen LogP contribution in [0.1, 0.15) is 5.56 Å². The van der Waals surface area contributed by atoms with Gasteiger partial charge in [0.1, 0.15) is 0 Å². The molecule has 24 heavy (non-hydrogen) atoms. The molecule has 0 atom stereocenters. The lowest BCUT2D eigenvalue weighted by atomic mass is 10.2. The largest absolute Gasteiger partial charge is 0.368 e. The number of hydrogen-bond donors (Lipinski definition) is 0. The van der Waals surface area contributed by atoms with Crippen LogP contribution in [0.3, 0.4) is 0 Å². The molecule has 1 saturated heterocycles. The molecule has 0 unspecified atom stereocenters. The number of benzene rings is 2. The second kappa shape index (κ2) is 8.08. The number of piperazine rings is 1. The molecule has 1 aliphatic rings. The molecule has 0 radical (unpaired) electrons. The van der Waals surface area contributed by atoms with Crippen LogP contribution in [0.4, 0.5) is 5.69 Å². The van der Waals surface area contributed by atoms with Gasteiger partial charge in [-0.15, -0.1) is 11.8 Å². The highest BCUT2D eigenvalue weighted by Crippen LogP contribution is 2.22. The third-order valence-electron chi connectivity index (χ3n) is 4.18. The minimum Gasteiger partial charge on any atom is -0.368 e. The van der Waals surface area contributed by atoms with Gasteiger partial charge in [-0.1, -0.05) is 28.1 Å². The lowest BCUT2D eigenvalue weighted by molar-refractivity contribution is -0.128. The van der Waals surface area contributed by atoms with Gasteiger partial charge in [-0.3, -0.25) is 4.79 Å². The number of nitrogens with zero attached hydrogens (tertiary/aromatic N) is 2. The van der Waals surface area contributed by atoms with Gasteiger partial charge in [0.15, 0.2) is 0 Å². The van der Waals surface area contributed by atoms with E-state index in [1.165, 1.54) is 11.3 Å². The van der Waals surface area contributed by atoms with E-state index >= 15 is 0 Å². The summed E-state index contributed by atoms with van der Waals surface area (Å²) in [6.07, 6.45) is 0. The molecular weight excluding hydrogens is 384 g/mol. The zero-order chi connectivity index (χ0) is 16.9. The van der Waals surface area contributed by atoms with Gasteiger partial charge in [0, 0.05) is 41.2 Å². The van der Waals surface area contributed by atoms with Crippen LogP contribution < -0.4 is 4.90 Å². The fourth-order valence-electron chi connectivity index (χ4n) is 2.81. The van der Waals surface area contributed by atoms with Crippen molar-refractivity contribution >= 4 is 39.3 Å². The third-order valence-corrected chi connectivity index (χ3v) is 5.70. The first-order chi connectivity index (χ1) is 11.6. The van der Waals surface area contributed by atoms with Gasteiger partial charge in [-0.25, -0.2) is 0 Å². The summed E-state index contributed by atoms with van der Waals surface area (Å²) >= 11 is 5.03. The van der Waals surface area contributed by atoms with Crippen molar-refractivity contribution in [1.29, 1.82) is 0 Å². The van der Waals surface area contributed by atoms with Gasteiger partial charge in [0.25, 0.3) is 0 Å². The monoisotopic (exact) mass is 404 g/mol. The maximum Gasteiger partial charge on any atom is 0.233 e. The first kappa shape index (κ1) is 17.4. The number of halogens is 1. The van der Waals surface area contributed by atoms with Crippen molar-refractivity contribution in [3.63, 3.8) is 0 Å². The molecule has 1 aliphatic heterocycles. The second-order valence-electron chi connectivity index (χ2n) is 5.95. The van der Waals surface area contributed by atoms with Crippen molar-refractivity contribution < 1.29 is 4.79 Å². The quantitative estimate of drug-likeness (QED) is 0.713. The highest BCUT2D eigenvalue weighted by atomic mass is 79.9. The first-order valence-corrected chi connectivity index (χ1v) is 9.87. The standard InChI is InChI=1S/C19H21BrN2OS/c1-15-3-2-4-17(13-15)21-9-11-22(12-10-21)19(23)14-24-18-7-5-16(20)6-8-18/h2-8,13H,9-12,14H2,1H3. The van der Waals surface area contributed by atoms with Gasteiger partial charge < -0.3 is 9.80 Å². The predicted octanol–water partition coefficient (Wildman–Crippen LogP) is 4.20. The summed E-state index contributed by atoms with van der Waals surface area (Å²) in [6.45, 7) is 5.51. The summed E-state index contributed by atoms with van der Waals surface area (Å²) in [6, 6.07) is 16.7. The Morgan fingerprint density at radius 3 is 2.46 bits per heavy atom. The minimum absolute atomic E-state index is 0.229. The average molecular weight is 405 g/mol. The number of thioether (sulfide) groups is 1. The molecule has 0 spiro atoms. The van der Waals surface area contributed by atoms with E-state index in [1.54, 1.807) is 11.8 Å². The number of carbonyl (C=O) groups excluding carboxylic acids is 1. The molecule has 3 nitrogen and oxygen atoms in total. The summed E-state index contributed by atoms with van der Waals surface area (Å²) in [4.78, 5) is 17.9. The Morgan fingerprint density at radius 2 is 1.79 bits per heavy atom. The van der Waals surface area contributed by atoms with Crippen molar-refractivity contribution in [1.82, 2.24) is 4.90 Å². The molecule has 0 N–H and O–H groups in total. The number of hydrogen-bond acceptors (Lipinski definition) is 3. The van der Waals surface area contributed by atoms with Crippen molar-refractivity contribution in [2.24, 2.45) is 0 Å². The highest BCUT2D eigenvalue weighted by molar-refractivity contribution is 9.10. The number of aryl methyl sites for hydroxylation is 1. The summed E-state index contributed by atoms with van der Waals surface area (Å²) in [5.74, 6) is 0.735. The van der Waals surface area contributed by atoms with Crippen LogP contribution in [-0.4, -0.2) is 42.7 Å². The van der Waals surface area contributed by atoms with Crippen molar-refractivity contribution in [2.75, 3.05) is 36.8 Å². The smallest absolute Gasteiger partial charge is 0.233 e. The Balaban J connectivity index is 1.49. The fourth-order valence-corrected chi connectivity index (χ4v) is 3.87. The van der Waals surface area contributed by atoms with E-state index in [0.29, 0.717) is 5.75 Å². The molecule has 0 aromatic heterocycles. The topological polar surface area (TPSA) is 23.6 Å². The van der Waals surface area contributed by atoms with E-state index in [-0.39, 0.29) is 5.91 Å². The maximum atomic E-state index is 12.4. The summed E-state index contributed by atoms with van der Waals surface area (Å²) in [5.41, 5.74) is 2.53. The van der Waals surface area contributed by atoms with E-state index in [4.69, 9.17) is 0 Å². The lowest BCUT2D eigenvalue weighted by Crippen LogP contribution is -2.49. The molecule has 0 aliphatic carbocycles. The highest BCUT2D eigenvalue weighted by Gasteiger charge is 2.21. The van der Waals surface area contributed by atoms with E-state index < -0.39 is 0 Å². The molecule has 1 fully saturated rings. The molecule has 3 rings (SSSR count). The van der Waals surface area contributed by atoms with Crippen molar-refractivity contribution in [3.05, 3.63) is 58.6 Å². The molecule has 2 aromatic carbocycles. The van der Waals surface area contributed by atoms with Gasteiger partial charge in [0.05, 0.1) is 5.75 Å². The molecule has 0 bridgehead atoms. The fraction of sp³-hybridized carbons (Fsp3) is 0.316. The lowest BCUT2D eigenvalue weighted by Gasteiger charge is -2.36. The molecule has 0 saturated carbocycles. The van der Waals surface area contributed by atoms with Crippen LogP contribution in [0.15, 0.2) is 57.9 Å². The molecule has 1 amide bonds. The van der Waals surface area contributed by atoms with Crippen LogP contribution in [-0.2, 0) is 4.79 Å². The summed E-state index contributed by atoms with van der Waals surface area (Å²) in [7, 11) is 0. The molecule has 5 heteroatoms. The van der Waals surface area contributed by atoms with Gasteiger partial charge in [0.2, 0.25) is 5.91 Å². The van der Waals surface area contributed by atoms with Crippen LogP contribution in [0.2, 0.25) is 0 Å². The Kier molecular flexibility index (Phi) is 5.85. The van der Waals surface area contributed by atoms with E-state index in [1.807, 2.05) is 29.2 Å². The minimum atomic E-state index is 0.229. The summed E-state index contributed by atoms with van der Waals surface area (Å²) < 4.78 is 1.06. The Bertz CT molecular complexity index is 697. The maximum absolute atomic E-state index is 12.4. The Hall–Kier alpha value is -1.46. The second-order valence-corrected chi connectivity index (χ2v) is 7.91. The number of rotatable bonds is 4. The van der Waals surface area contributed by atoms with Crippen LogP contribution >= 0.6 is 27.7 Å². The Morgan fingerprint density at radius 1 is 1.08 bits per heavy atom. The van der Waals surface area contributed by atoms with E-state index in [0.717, 1.165) is 35.5 Å². The number of carbonyl (C=O) groups is 1. The van der Waals surface area contributed by atoms with E-state index in [2.05, 4.69) is 52.0 Å². The first-order valence-electron chi connectivity index (χ1n) is 8.09.